The molecule has 0 fully saturated rings. The molecule has 2 heterocycles. The summed E-state index contributed by atoms with van der Waals surface area (Å²) in [4.78, 5) is 8.26. The fourth-order valence-corrected chi connectivity index (χ4v) is 1.77. The van der Waals surface area contributed by atoms with E-state index in [2.05, 4.69) is 15.1 Å². The van der Waals surface area contributed by atoms with Crippen LogP contribution in [0.4, 0.5) is 8.78 Å². The molecule has 0 radical (unpaired) electrons. The molecule has 2 aromatic heterocycles. The maximum Gasteiger partial charge on any atom is 0.279 e. The highest BCUT2D eigenvalue weighted by molar-refractivity contribution is 7.71. The standard InChI is InChI=1S/C10H10F2N4S/c1-5-3-8(14-6(2)13-5)16-9(17)4-7(15-16)10(11)12/h3-4,10,15H,1-2H3. The molecule has 0 aliphatic heterocycles. The smallest absolute Gasteiger partial charge is 0.279 e. The fourth-order valence-electron chi connectivity index (χ4n) is 1.51. The average Bonchev–Trinajstić information content (AvgIpc) is 2.59. The van der Waals surface area contributed by atoms with Crippen LogP contribution in [0, 0.1) is 18.5 Å². The van der Waals surface area contributed by atoms with E-state index in [1.807, 2.05) is 0 Å². The van der Waals surface area contributed by atoms with Crippen LogP contribution < -0.4 is 0 Å². The Labute approximate surface area is 101 Å². The third-order valence-electron chi connectivity index (χ3n) is 2.16. The van der Waals surface area contributed by atoms with Crippen molar-refractivity contribution < 1.29 is 8.78 Å². The van der Waals surface area contributed by atoms with Crippen LogP contribution in [0.5, 0.6) is 0 Å². The van der Waals surface area contributed by atoms with Crippen molar-refractivity contribution in [2.24, 2.45) is 0 Å². The topological polar surface area (TPSA) is 46.5 Å². The summed E-state index contributed by atoms with van der Waals surface area (Å²) in [6.07, 6.45) is -2.58. The summed E-state index contributed by atoms with van der Waals surface area (Å²) in [6, 6.07) is 2.90. The Balaban J connectivity index is 2.56. The molecule has 0 atom stereocenters. The maximum absolute atomic E-state index is 12.5. The van der Waals surface area contributed by atoms with E-state index in [4.69, 9.17) is 12.2 Å². The van der Waals surface area contributed by atoms with E-state index in [-0.39, 0.29) is 10.3 Å². The molecule has 0 bridgehead atoms. The second-order valence-electron chi connectivity index (χ2n) is 3.60. The molecule has 0 aliphatic carbocycles. The minimum Gasteiger partial charge on any atom is -0.290 e. The zero-order valence-corrected chi connectivity index (χ0v) is 10.1. The molecule has 4 nitrogen and oxygen atoms in total. The van der Waals surface area contributed by atoms with E-state index in [1.54, 1.807) is 19.9 Å². The Morgan fingerprint density at radius 2 is 2.00 bits per heavy atom. The Morgan fingerprint density at radius 1 is 1.29 bits per heavy atom. The van der Waals surface area contributed by atoms with Crippen molar-refractivity contribution in [1.82, 2.24) is 19.7 Å². The van der Waals surface area contributed by atoms with Crippen LogP contribution in [0.2, 0.25) is 0 Å². The summed E-state index contributed by atoms with van der Waals surface area (Å²) in [7, 11) is 0. The summed E-state index contributed by atoms with van der Waals surface area (Å²) in [6.45, 7) is 3.54. The predicted molar refractivity (Wildman–Crippen MR) is 61.0 cm³/mol. The highest BCUT2D eigenvalue weighted by Gasteiger charge is 2.12. The first-order valence-corrected chi connectivity index (χ1v) is 5.31. The number of H-pyrrole nitrogens is 1. The van der Waals surface area contributed by atoms with Crippen molar-refractivity contribution in [2.45, 2.75) is 20.3 Å². The van der Waals surface area contributed by atoms with Crippen molar-refractivity contribution in [3.8, 4) is 5.82 Å². The molecule has 2 aromatic rings. The predicted octanol–water partition coefficient (Wildman–Crippen LogP) is 2.88. The van der Waals surface area contributed by atoms with E-state index >= 15 is 0 Å². The van der Waals surface area contributed by atoms with Crippen LogP contribution in [0.25, 0.3) is 5.82 Å². The van der Waals surface area contributed by atoms with Gasteiger partial charge in [0, 0.05) is 17.8 Å². The molecule has 2 rings (SSSR count). The zero-order valence-electron chi connectivity index (χ0n) is 9.24. The number of nitrogens with one attached hydrogen (secondary N) is 1. The number of hydrogen-bond donors (Lipinski definition) is 1. The van der Waals surface area contributed by atoms with Gasteiger partial charge >= 0.3 is 0 Å². The van der Waals surface area contributed by atoms with E-state index < -0.39 is 6.43 Å². The van der Waals surface area contributed by atoms with Gasteiger partial charge in [-0.1, -0.05) is 12.2 Å². The molecule has 0 saturated heterocycles. The van der Waals surface area contributed by atoms with Crippen molar-refractivity contribution in [1.29, 1.82) is 0 Å². The van der Waals surface area contributed by atoms with E-state index in [1.165, 1.54) is 10.7 Å². The van der Waals surface area contributed by atoms with Gasteiger partial charge in [0.05, 0.1) is 0 Å². The first-order chi connectivity index (χ1) is 7.97. The van der Waals surface area contributed by atoms with Crippen molar-refractivity contribution in [2.75, 3.05) is 0 Å². The third-order valence-corrected chi connectivity index (χ3v) is 2.46. The number of rotatable bonds is 2. The first-order valence-electron chi connectivity index (χ1n) is 4.90. The van der Waals surface area contributed by atoms with Gasteiger partial charge < -0.3 is 0 Å². The average molecular weight is 256 g/mol. The highest BCUT2D eigenvalue weighted by Crippen LogP contribution is 2.18. The second kappa shape index (κ2) is 4.33. The molecule has 0 amide bonds. The van der Waals surface area contributed by atoms with Crippen LogP contribution in [0.1, 0.15) is 23.6 Å². The molecule has 0 saturated carbocycles. The van der Waals surface area contributed by atoms with Gasteiger partial charge in [0.15, 0.2) is 5.82 Å². The molecular formula is C10H10F2N4S. The van der Waals surface area contributed by atoms with E-state index in [0.29, 0.717) is 11.6 Å². The lowest BCUT2D eigenvalue weighted by atomic mass is 10.4. The SMILES string of the molecule is Cc1cc(-n2[nH]c(C(F)F)cc2=S)nc(C)n1. The molecule has 0 spiro atoms. The monoisotopic (exact) mass is 256 g/mol. The van der Waals surface area contributed by atoms with Gasteiger partial charge in [-0.05, 0) is 13.8 Å². The molecule has 1 N–H and O–H groups in total. The number of aromatic amines is 1. The quantitative estimate of drug-likeness (QED) is 0.840. The van der Waals surface area contributed by atoms with Crippen LogP contribution in [-0.4, -0.2) is 19.7 Å². The van der Waals surface area contributed by atoms with Crippen molar-refractivity contribution in [3.05, 3.63) is 34.0 Å². The number of halogens is 2. The molecule has 0 unspecified atom stereocenters. The minimum atomic E-state index is -2.58. The zero-order chi connectivity index (χ0) is 12.6. The van der Waals surface area contributed by atoms with E-state index in [0.717, 1.165) is 5.69 Å². The van der Waals surface area contributed by atoms with Crippen molar-refractivity contribution in [3.63, 3.8) is 0 Å². The van der Waals surface area contributed by atoms with Gasteiger partial charge in [-0.15, -0.1) is 0 Å². The molecule has 0 aliphatic rings. The number of nitrogens with zero attached hydrogens (tertiary/aromatic N) is 3. The number of alkyl halides is 2. The van der Waals surface area contributed by atoms with Crippen LogP contribution in [-0.2, 0) is 0 Å². The van der Waals surface area contributed by atoms with Gasteiger partial charge in [0.2, 0.25) is 0 Å². The summed E-state index contributed by atoms with van der Waals surface area (Å²) < 4.78 is 26.6. The minimum absolute atomic E-state index is 0.219. The van der Waals surface area contributed by atoms with Crippen LogP contribution >= 0.6 is 12.2 Å². The second-order valence-corrected chi connectivity index (χ2v) is 4.02. The number of aryl methyl sites for hydroxylation is 2. The maximum atomic E-state index is 12.5. The summed E-state index contributed by atoms with van der Waals surface area (Å²) in [5.74, 6) is 1.03. The summed E-state index contributed by atoms with van der Waals surface area (Å²) in [5, 5.41) is 2.52. The number of aromatic nitrogens is 4. The Bertz CT molecular complexity index is 582. The highest BCUT2D eigenvalue weighted by atomic mass is 32.1. The first kappa shape index (κ1) is 11.8. The molecule has 90 valence electrons. The molecular weight excluding hydrogens is 246 g/mol. The van der Waals surface area contributed by atoms with Gasteiger partial charge in [0.25, 0.3) is 6.43 Å². The van der Waals surface area contributed by atoms with Crippen LogP contribution in [0.15, 0.2) is 12.1 Å². The largest absolute Gasteiger partial charge is 0.290 e. The molecule has 7 heteroatoms. The normalized spacial score (nSPS) is 11.1. The van der Waals surface area contributed by atoms with Crippen molar-refractivity contribution >= 4 is 12.2 Å². The van der Waals surface area contributed by atoms with Gasteiger partial charge in [-0.25, -0.2) is 23.4 Å². The van der Waals surface area contributed by atoms with E-state index in [9.17, 15) is 8.78 Å². The molecule has 17 heavy (non-hydrogen) atoms. The van der Waals surface area contributed by atoms with Crippen LogP contribution in [0.3, 0.4) is 0 Å². The fraction of sp³-hybridized carbons (Fsp3) is 0.300. The Hall–Kier alpha value is -1.63. The lowest BCUT2D eigenvalue weighted by molar-refractivity contribution is 0.145. The lowest BCUT2D eigenvalue weighted by Gasteiger charge is -2.04. The van der Waals surface area contributed by atoms with Gasteiger partial charge in [-0.3, -0.25) is 5.10 Å². The third kappa shape index (κ3) is 2.38. The Kier molecular flexibility index (Phi) is 3.01. The Morgan fingerprint density at radius 3 is 2.53 bits per heavy atom. The molecule has 0 aromatic carbocycles. The lowest BCUT2D eigenvalue weighted by Crippen LogP contribution is -2.04. The van der Waals surface area contributed by atoms with Gasteiger partial charge in [-0.2, -0.15) is 0 Å². The summed E-state index contributed by atoms with van der Waals surface area (Å²) in [5.41, 5.74) is 0.534. The number of hydrogen-bond acceptors (Lipinski definition) is 3. The van der Waals surface area contributed by atoms with Gasteiger partial charge in [0.1, 0.15) is 16.2 Å². The summed E-state index contributed by atoms with van der Waals surface area (Å²) >= 11 is 5.00.